The molecule has 0 aromatic heterocycles. The van der Waals surface area contributed by atoms with Gasteiger partial charge in [-0.1, -0.05) is 18.2 Å². The Hall–Kier alpha value is -2.36. The lowest BCUT2D eigenvalue weighted by atomic mass is 10.1. The van der Waals surface area contributed by atoms with E-state index < -0.39 is 6.23 Å². The standard InChI is InChI=1S/C14H10FNO2/c15-9-5-7-10(8-6-9)16-13-11-3-1-2-4-12(11)14(17)18-13/h1-8,13,16H. The molecule has 1 heterocycles. The van der Waals surface area contributed by atoms with E-state index >= 15 is 0 Å². The molecule has 0 aliphatic carbocycles. The number of anilines is 1. The number of ether oxygens (including phenoxy) is 1. The Morgan fingerprint density at radius 3 is 2.56 bits per heavy atom. The number of carbonyl (C=O) groups is 1. The Morgan fingerprint density at radius 2 is 1.78 bits per heavy atom. The zero-order chi connectivity index (χ0) is 12.5. The first-order valence-electron chi connectivity index (χ1n) is 5.56. The molecule has 1 aliphatic rings. The molecule has 1 unspecified atom stereocenters. The fourth-order valence-electron chi connectivity index (χ4n) is 1.95. The number of nitrogens with one attached hydrogen (secondary N) is 1. The topological polar surface area (TPSA) is 38.3 Å². The van der Waals surface area contributed by atoms with Crippen molar-refractivity contribution in [2.75, 3.05) is 5.32 Å². The van der Waals surface area contributed by atoms with Crippen molar-refractivity contribution in [3.63, 3.8) is 0 Å². The SMILES string of the molecule is O=C1OC(Nc2ccc(F)cc2)c2ccccc21. The largest absolute Gasteiger partial charge is 0.434 e. The zero-order valence-corrected chi connectivity index (χ0v) is 9.39. The second-order valence-corrected chi connectivity index (χ2v) is 4.02. The lowest BCUT2D eigenvalue weighted by Crippen LogP contribution is -2.10. The Balaban J connectivity index is 1.87. The highest BCUT2D eigenvalue weighted by Gasteiger charge is 2.30. The van der Waals surface area contributed by atoms with Crippen LogP contribution in [0.3, 0.4) is 0 Å². The predicted octanol–water partition coefficient (Wildman–Crippen LogP) is 3.11. The minimum Gasteiger partial charge on any atom is -0.434 e. The third kappa shape index (κ3) is 1.82. The summed E-state index contributed by atoms with van der Waals surface area (Å²) in [7, 11) is 0. The first-order chi connectivity index (χ1) is 8.74. The minimum absolute atomic E-state index is 0.302. The molecule has 0 spiro atoms. The van der Waals surface area contributed by atoms with Crippen LogP contribution in [0.2, 0.25) is 0 Å². The molecule has 1 N–H and O–H groups in total. The van der Waals surface area contributed by atoms with Gasteiger partial charge in [0.15, 0.2) is 0 Å². The number of hydrogen-bond acceptors (Lipinski definition) is 3. The number of esters is 1. The quantitative estimate of drug-likeness (QED) is 0.823. The Bertz CT molecular complexity index is 595. The van der Waals surface area contributed by atoms with E-state index in [1.54, 1.807) is 24.3 Å². The molecule has 90 valence electrons. The van der Waals surface area contributed by atoms with E-state index in [4.69, 9.17) is 4.74 Å². The van der Waals surface area contributed by atoms with Crippen LogP contribution >= 0.6 is 0 Å². The highest BCUT2D eigenvalue weighted by atomic mass is 19.1. The van der Waals surface area contributed by atoms with Crippen molar-refractivity contribution >= 4 is 11.7 Å². The summed E-state index contributed by atoms with van der Waals surface area (Å²) >= 11 is 0. The van der Waals surface area contributed by atoms with E-state index in [0.29, 0.717) is 11.3 Å². The number of benzene rings is 2. The van der Waals surface area contributed by atoms with E-state index in [1.165, 1.54) is 12.1 Å². The summed E-state index contributed by atoms with van der Waals surface area (Å²) in [6, 6.07) is 13.1. The van der Waals surface area contributed by atoms with Crippen molar-refractivity contribution in [1.29, 1.82) is 0 Å². The van der Waals surface area contributed by atoms with Crippen molar-refractivity contribution in [3.05, 3.63) is 65.5 Å². The molecule has 0 bridgehead atoms. The summed E-state index contributed by atoms with van der Waals surface area (Å²) in [5.74, 6) is -0.644. The summed E-state index contributed by atoms with van der Waals surface area (Å²) in [6.07, 6.45) is -0.515. The van der Waals surface area contributed by atoms with Crippen molar-refractivity contribution in [1.82, 2.24) is 0 Å². The number of cyclic esters (lactones) is 1. The van der Waals surface area contributed by atoms with Gasteiger partial charge in [0.05, 0.1) is 5.56 Å². The number of rotatable bonds is 2. The van der Waals surface area contributed by atoms with Crippen LogP contribution in [0.5, 0.6) is 0 Å². The van der Waals surface area contributed by atoms with Gasteiger partial charge in [0.1, 0.15) is 5.82 Å². The first kappa shape index (κ1) is 10.8. The second kappa shape index (κ2) is 4.14. The number of carbonyl (C=O) groups excluding carboxylic acids is 1. The van der Waals surface area contributed by atoms with Gasteiger partial charge in [0.25, 0.3) is 0 Å². The lowest BCUT2D eigenvalue weighted by molar-refractivity contribution is 0.0437. The molecule has 3 rings (SSSR count). The Morgan fingerprint density at radius 1 is 1.06 bits per heavy atom. The molecule has 1 atom stereocenters. The molecule has 0 saturated carbocycles. The second-order valence-electron chi connectivity index (χ2n) is 4.02. The third-order valence-corrected chi connectivity index (χ3v) is 2.83. The van der Waals surface area contributed by atoms with Crippen LogP contribution in [-0.2, 0) is 4.74 Å². The summed E-state index contributed by atoms with van der Waals surface area (Å²) in [6.45, 7) is 0. The third-order valence-electron chi connectivity index (χ3n) is 2.83. The van der Waals surface area contributed by atoms with E-state index in [9.17, 15) is 9.18 Å². The summed E-state index contributed by atoms with van der Waals surface area (Å²) in [5, 5.41) is 3.04. The first-order valence-corrected chi connectivity index (χ1v) is 5.56. The molecule has 2 aromatic carbocycles. The molecule has 0 amide bonds. The van der Waals surface area contributed by atoms with E-state index in [-0.39, 0.29) is 11.8 Å². The highest BCUT2D eigenvalue weighted by Crippen LogP contribution is 2.31. The molecule has 0 fully saturated rings. The van der Waals surface area contributed by atoms with E-state index in [0.717, 1.165) is 5.56 Å². The summed E-state index contributed by atoms with van der Waals surface area (Å²) < 4.78 is 18.0. The highest BCUT2D eigenvalue weighted by molar-refractivity contribution is 5.94. The van der Waals surface area contributed by atoms with Crippen LogP contribution in [-0.4, -0.2) is 5.97 Å². The maximum atomic E-state index is 12.8. The fraction of sp³-hybridized carbons (Fsp3) is 0.0714. The van der Waals surface area contributed by atoms with Gasteiger partial charge in [-0.2, -0.15) is 0 Å². The fourth-order valence-corrected chi connectivity index (χ4v) is 1.95. The van der Waals surface area contributed by atoms with Crippen LogP contribution in [0.4, 0.5) is 10.1 Å². The van der Waals surface area contributed by atoms with E-state index in [2.05, 4.69) is 5.32 Å². The van der Waals surface area contributed by atoms with Gasteiger partial charge in [0.2, 0.25) is 6.23 Å². The van der Waals surface area contributed by atoms with Gasteiger partial charge < -0.3 is 10.1 Å². The van der Waals surface area contributed by atoms with E-state index in [1.807, 2.05) is 12.1 Å². The molecule has 0 saturated heterocycles. The summed E-state index contributed by atoms with van der Waals surface area (Å²) in [5.41, 5.74) is 2.06. The molecule has 3 nitrogen and oxygen atoms in total. The number of hydrogen-bond donors (Lipinski definition) is 1. The van der Waals surface area contributed by atoms with Crippen molar-refractivity contribution in [3.8, 4) is 0 Å². The maximum absolute atomic E-state index is 12.8. The Kier molecular flexibility index (Phi) is 2.48. The molecule has 4 heteroatoms. The molecule has 0 radical (unpaired) electrons. The van der Waals surface area contributed by atoms with Gasteiger partial charge in [-0.05, 0) is 30.3 Å². The van der Waals surface area contributed by atoms with Crippen LogP contribution in [0.15, 0.2) is 48.5 Å². The van der Waals surface area contributed by atoms with Crippen LogP contribution < -0.4 is 5.32 Å². The van der Waals surface area contributed by atoms with Gasteiger partial charge in [0, 0.05) is 11.3 Å². The average Bonchev–Trinajstić information content (AvgIpc) is 2.70. The molecule has 1 aliphatic heterocycles. The van der Waals surface area contributed by atoms with Gasteiger partial charge in [-0.3, -0.25) is 0 Å². The molecule has 18 heavy (non-hydrogen) atoms. The maximum Gasteiger partial charge on any atom is 0.340 e. The normalized spacial score (nSPS) is 17.2. The zero-order valence-electron chi connectivity index (χ0n) is 9.39. The van der Waals surface area contributed by atoms with Crippen molar-refractivity contribution in [2.45, 2.75) is 6.23 Å². The Labute approximate surface area is 103 Å². The molecular formula is C14H10FNO2. The van der Waals surface area contributed by atoms with Crippen LogP contribution in [0, 0.1) is 5.82 Å². The average molecular weight is 243 g/mol. The monoisotopic (exact) mass is 243 g/mol. The predicted molar refractivity (Wildman–Crippen MR) is 64.6 cm³/mol. The molecule has 2 aromatic rings. The molecular weight excluding hydrogens is 233 g/mol. The van der Waals surface area contributed by atoms with Crippen molar-refractivity contribution in [2.24, 2.45) is 0 Å². The smallest absolute Gasteiger partial charge is 0.340 e. The van der Waals surface area contributed by atoms with Crippen LogP contribution in [0.25, 0.3) is 0 Å². The lowest BCUT2D eigenvalue weighted by Gasteiger charge is -2.14. The van der Waals surface area contributed by atoms with Gasteiger partial charge in [-0.15, -0.1) is 0 Å². The number of fused-ring (bicyclic) bond motifs is 1. The number of halogens is 1. The summed E-state index contributed by atoms with van der Waals surface area (Å²) in [4.78, 5) is 11.6. The minimum atomic E-state index is -0.515. The van der Waals surface area contributed by atoms with Crippen molar-refractivity contribution < 1.29 is 13.9 Å². The van der Waals surface area contributed by atoms with Gasteiger partial charge >= 0.3 is 5.97 Å². The van der Waals surface area contributed by atoms with Gasteiger partial charge in [-0.25, -0.2) is 9.18 Å². The van der Waals surface area contributed by atoms with Crippen LogP contribution in [0.1, 0.15) is 22.1 Å².